The number of pyridine rings is 1. The summed E-state index contributed by atoms with van der Waals surface area (Å²) >= 11 is 0. The number of methoxy groups -OCH3 is 2. The molecule has 2 fully saturated rings. The van der Waals surface area contributed by atoms with E-state index in [2.05, 4.69) is 49.7 Å². The summed E-state index contributed by atoms with van der Waals surface area (Å²) in [4.78, 5) is 47.4. The lowest BCUT2D eigenvalue weighted by atomic mass is 10.3. The minimum absolute atomic E-state index is 0.0938. The summed E-state index contributed by atoms with van der Waals surface area (Å²) in [6.07, 6.45) is 3.63. The molecule has 16 nitrogen and oxygen atoms in total. The van der Waals surface area contributed by atoms with E-state index in [4.69, 9.17) is 19.4 Å². The number of rotatable bonds is 11. The number of urea groups is 2. The summed E-state index contributed by atoms with van der Waals surface area (Å²) in [6, 6.07) is 3.91. The summed E-state index contributed by atoms with van der Waals surface area (Å²) in [5.41, 5.74) is 0.983. The van der Waals surface area contributed by atoms with Gasteiger partial charge in [0, 0.05) is 109 Å². The zero-order valence-corrected chi connectivity index (χ0v) is 26.5. The number of aromatic nitrogens is 5. The number of ether oxygens (including phenoxy) is 2. The van der Waals surface area contributed by atoms with Crippen molar-refractivity contribution in [3.05, 3.63) is 24.5 Å². The smallest absolute Gasteiger partial charge is 0.317 e. The highest BCUT2D eigenvalue weighted by molar-refractivity contribution is 5.81. The molecule has 4 amide bonds. The molecule has 0 saturated carbocycles. The molecular formula is C29H44N12O4. The molecule has 0 radical (unpaired) electrons. The van der Waals surface area contributed by atoms with Gasteiger partial charge in [0.05, 0.1) is 24.9 Å². The normalized spacial score (nSPS) is 15.6. The van der Waals surface area contributed by atoms with Crippen molar-refractivity contribution in [1.29, 1.82) is 0 Å². The van der Waals surface area contributed by atoms with E-state index in [1.165, 1.54) is 0 Å². The molecule has 2 aliphatic rings. The lowest BCUT2D eigenvalue weighted by Gasteiger charge is -2.37. The van der Waals surface area contributed by atoms with Crippen LogP contribution in [0.3, 0.4) is 0 Å². The van der Waals surface area contributed by atoms with E-state index in [0.717, 1.165) is 16.7 Å². The van der Waals surface area contributed by atoms with E-state index >= 15 is 0 Å². The van der Waals surface area contributed by atoms with Crippen molar-refractivity contribution in [2.24, 2.45) is 0 Å². The van der Waals surface area contributed by atoms with E-state index in [9.17, 15) is 9.59 Å². The van der Waals surface area contributed by atoms with E-state index in [1.54, 1.807) is 30.2 Å². The van der Waals surface area contributed by atoms with Gasteiger partial charge in [-0.05, 0) is 13.8 Å². The number of anilines is 4. The topological polar surface area (TPSA) is 158 Å². The molecule has 16 heteroatoms. The average Bonchev–Trinajstić information content (AvgIpc) is 3.49. The Morgan fingerprint density at radius 3 is 1.98 bits per heavy atom. The van der Waals surface area contributed by atoms with Crippen molar-refractivity contribution in [1.82, 2.24) is 45.2 Å². The van der Waals surface area contributed by atoms with Crippen molar-refractivity contribution >= 4 is 46.4 Å². The maximum Gasteiger partial charge on any atom is 0.317 e. The second kappa shape index (κ2) is 15.0. The molecular weight excluding hydrogens is 580 g/mol. The number of nitrogens with one attached hydrogen (secondary N) is 3. The molecule has 3 N–H and O–H groups in total. The summed E-state index contributed by atoms with van der Waals surface area (Å²) in [5, 5.41) is 14.6. The van der Waals surface area contributed by atoms with Crippen LogP contribution in [0, 0.1) is 0 Å². The van der Waals surface area contributed by atoms with Crippen molar-refractivity contribution < 1.29 is 19.1 Å². The van der Waals surface area contributed by atoms with Crippen molar-refractivity contribution in [2.45, 2.75) is 19.9 Å². The van der Waals surface area contributed by atoms with E-state index in [1.807, 2.05) is 23.0 Å². The minimum atomic E-state index is -0.102. The van der Waals surface area contributed by atoms with Gasteiger partial charge in [0.2, 0.25) is 5.95 Å². The highest BCUT2D eigenvalue weighted by Gasteiger charge is 2.26. The molecule has 0 aromatic carbocycles. The number of hydrogen-bond acceptors (Lipinski definition) is 11. The second-order valence-corrected chi connectivity index (χ2v) is 11.2. The fourth-order valence-corrected chi connectivity index (χ4v) is 5.33. The summed E-state index contributed by atoms with van der Waals surface area (Å²) in [6.45, 7) is 10.7. The van der Waals surface area contributed by atoms with Gasteiger partial charge in [-0.25, -0.2) is 14.6 Å². The van der Waals surface area contributed by atoms with Crippen LogP contribution in [0.25, 0.3) is 10.9 Å². The third-order valence-electron chi connectivity index (χ3n) is 7.83. The molecule has 0 bridgehead atoms. The lowest BCUT2D eigenvalue weighted by Crippen LogP contribution is -2.53. The Bertz CT molecular complexity index is 1370. The van der Waals surface area contributed by atoms with Crippen molar-refractivity contribution in [3.8, 4) is 0 Å². The molecule has 0 aliphatic carbocycles. The second-order valence-electron chi connectivity index (χ2n) is 11.2. The number of amides is 4. The van der Waals surface area contributed by atoms with Gasteiger partial charge in [-0.15, -0.1) is 0 Å². The Hall–Kier alpha value is -4.44. The number of carbonyl (C=O) groups is 2. The highest BCUT2D eigenvalue weighted by atomic mass is 16.5. The Balaban J connectivity index is 1.33. The van der Waals surface area contributed by atoms with E-state index < -0.39 is 0 Å². The van der Waals surface area contributed by atoms with Gasteiger partial charge in [-0.2, -0.15) is 15.1 Å². The standard InChI is InChI=1S/C29H44N12O4/c1-21(2)41-23-17-24(32-19-22(23)20-33-41)34-25-18-26(37-7-11-39(12-8-37)28(42)30-5-15-44-3)36-27(35-25)38-9-13-40(14-10-38)29(43)31-6-16-45-4/h17-21H,5-16H2,1-4H3,(H,30,42)(H,31,43)(H,32,34,35,36). The zero-order valence-electron chi connectivity index (χ0n) is 26.5. The first-order valence-electron chi connectivity index (χ1n) is 15.4. The van der Waals surface area contributed by atoms with Gasteiger partial charge in [0.15, 0.2) is 0 Å². The Morgan fingerprint density at radius 2 is 1.40 bits per heavy atom. The largest absolute Gasteiger partial charge is 0.383 e. The van der Waals surface area contributed by atoms with Crippen LogP contribution in [0.15, 0.2) is 24.5 Å². The average molecular weight is 625 g/mol. The molecule has 2 aliphatic heterocycles. The Labute approximate surface area is 263 Å². The lowest BCUT2D eigenvalue weighted by molar-refractivity contribution is 0.177. The summed E-state index contributed by atoms with van der Waals surface area (Å²) in [5.74, 6) is 2.59. The summed E-state index contributed by atoms with van der Waals surface area (Å²) in [7, 11) is 3.22. The third kappa shape index (κ3) is 7.99. The number of carbonyl (C=O) groups excluding carboxylic acids is 2. The minimum Gasteiger partial charge on any atom is -0.383 e. The van der Waals surface area contributed by atoms with Crippen LogP contribution in [0.2, 0.25) is 0 Å². The summed E-state index contributed by atoms with van der Waals surface area (Å²) < 4.78 is 12.0. The van der Waals surface area contributed by atoms with Crippen LogP contribution in [0.1, 0.15) is 19.9 Å². The number of hydrogen-bond donors (Lipinski definition) is 3. The fraction of sp³-hybridized carbons (Fsp3) is 0.586. The van der Waals surface area contributed by atoms with Crippen LogP contribution >= 0.6 is 0 Å². The third-order valence-corrected chi connectivity index (χ3v) is 7.83. The van der Waals surface area contributed by atoms with Gasteiger partial charge in [-0.3, -0.25) is 4.68 Å². The van der Waals surface area contributed by atoms with Gasteiger partial charge in [-0.1, -0.05) is 0 Å². The van der Waals surface area contributed by atoms with E-state index in [-0.39, 0.29) is 18.1 Å². The highest BCUT2D eigenvalue weighted by Crippen LogP contribution is 2.26. The maximum atomic E-state index is 12.6. The Morgan fingerprint density at radius 1 is 0.800 bits per heavy atom. The van der Waals surface area contributed by atoms with Gasteiger partial charge in [0.25, 0.3) is 0 Å². The van der Waals surface area contributed by atoms with Gasteiger partial charge < -0.3 is 45.0 Å². The zero-order chi connectivity index (χ0) is 31.8. The molecule has 0 spiro atoms. The number of piperazine rings is 2. The first-order valence-corrected chi connectivity index (χ1v) is 15.4. The monoisotopic (exact) mass is 624 g/mol. The molecule has 3 aromatic heterocycles. The van der Waals surface area contributed by atoms with Crippen LogP contribution in [-0.2, 0) is 9.47 Å². The molecule has 5 rings (SSSR count). The molecule has 0 atom stereocenters. The van der Waals surface area contributed by atoms with Gasteiger partial charge in [0.1, 0.15) is 17.5 Å². The quantitative estimate of drug-likeness (QED) is 0.266. The van der Waals surface area contributed by atoms with Crippen LogP contribution in [0.4, 0.5) is 33.0 Å². The number of nitrogens with zero attached hydrogens (tertiary/aromatic N) is 9. The first kappa shape index (κ1) is 32.0. The van der Waals surface area contributed by atoms with Crippen molar-refractivity contribution in [2.75, 3.05) is 108 Å². The molecule has 2 saturated heterocycles. The molecule has 45 heavy (non-hydrogen) atoms. The van der Waals surface area contributed by atoms with Crippen LogP contribution in [-0.4, -0.2) is 139 Å². The predicted octanol–water partition coefficient (Wildman–Crippen LogP) is 1.50. The van der Waals surface area contributed by atoms with Crippen LogP contribution in [0.5, 0.6) is 0 Å². The van der Waals surface area contributed by atoms with Gasteiger partial charge >= 0.3 is 12.1 Å². The molecule has 244 valence electrons. The maximum absolute atomic E-state index is 12.6. The van der Waals surface area contributed by atoms with E-state index in [0.29, 0.717) is 96.2 Å². The molecule has 3 aromatic rings. The molecule has 0 unspecified atom stereocenters. The van der Waals surface area contributed by atoms with Crippen LogP contribution < -0.4 is 25.8 Å². The SMILES string of the molecule is COCCNC(=O)N1CCN(c2cc(Nc3cc4c(cn3)cnn4C(C)C)nc(N3CCN(C(=O)NCCOC)CC3)n2)CC1. The Kier molecular flexibility index (Phi) is 10.7. The number of fused-ring (bicyclic) bond motifs is 1. The molecule has 5 heterocycles. The van der Waals surface area contributed by atoms with Crippen molar-refractivity contribution in [3.63, 3.8) is 0 Å². The fourth-order valence-electron chi connectivity index (χ4n) is 5.33. The predicted molar refractivity (Wildman–Crippen MR) is 171 cm³/mol. The first-order chi connectivity index (χ1) is 21.9.